The lowest BCUT2D eigenvalue weighted by molar-refractivity contribution is -0.119. The highest BCUT2D eigenvalue weighted by atomic mass is 32.2. The number of thioether (sulfide) groups is 1. The van der Waals surface area contributed by atoms with Crippen molar-refractivity contribution in [3.8, 4) is 0 Å². The van der Waals surface area contributed by atoms with Crippen LogP contribution in [0.5, 0.6) is 0 Å². The number of ether oxygens (including phenoxy) is 1. The van der Waals surface area contributed by atoms with E-state index in [-0.39, 0.29) is 23.3 Å². The van der Waals surface area contributed by atoms with E-state index in [1.54, 1.807) is 40.3 Å². The van der Waals surface area contributed by atoms with E-state index in [9.17, 15) is 14.4 Å². The van der Waals surface area contributed by atoms with Gasteiger partial charge in [0.1, 0.15) is 0 Å². The maximum atomic E-state index is 13.0. The van der Waals surface area contributed by atoms with Crippen LogP contribution in [-0.2, 0) is 16.1 Å². The van der Waals surface area contributed by atoms with Crippen LogP contribution in [0.1, 0.15) is 22.5 Å². The zero-order valence-corrected chi connectivity index (χ0v) is 17.6. The smallest absolute Gasteiger partial charge is 0.279 e. The summed E-state index contributed by atoms with van der Waals surface area (Å²) in [6.45, 7) is 1.09. The van der Waals surface area contributed by atoms with E-state index in [2.05, 4.69) is 15.8 Å². The van der Waals surface area contributed by atoms with E-state index in [4.69, 9.17) is 4.74 Å². The van der Waals surface area contributed by atoms with Gasteiger partial charge in [0.25, 0.3) is 11.5 Å². The highest BCUT2D eigenvalue weighted by molar-refractivity contribution is 7.99. The van der Waals surface area contributed by atoms with Crippen LogP contribution in [-0.4, -0.2) is 39.8 Å². The van der Waals surface area contributed by atoms with E-state index in [1.165, 1.54) is 11.3 Å². The molecule has 2 amide bonds. The monoisotopic (exact) mass is 444 g/mol. The van der Waals surface area contributed by atoms with Crippen LogP contribution in [0.15, 0.2) is 51.7 Å². The molecule has 1 fully saturated rings. The van der Waals surface area contributed by atoms with Crippen molar-refractivity contribution in [2.24, 2.45) is 0 Å². The standard InChI is InChI=1S/C20H20N4O4S2/c25-17(22-23-18(26)16-8-4-10-29-16)12-30-20-21-15-7-2-1-6-14(15)19(27)24(20)11-13-5-3-9-28-13/h1-2,4,6-8,10,13H,3,5,9,11-12H2,(H,22,25)(H,23,26)/t13-/m0/s1. The average Bonchev–Trinajstić information content (AvgIpc) is 3.47. The summed E-state index contributed by atoms with van der Waals surface area (Å²) in [7, 11) is 0. The first-order chi connectivity index (χ1) is 14.6. The predicted molar refractivity (Wildman–Crippen MR) is 116 cm³/mol. The van der Waals surface area contributed by atoms with Gasteiger partial charge >= 0.3 is 0 Å². The van der Waals surface area contributed by atoms with Gasteiger partial charge in [-0.25, -0.2) is 4.98 Å². The number of rotatable bonds is 6. The minimum absolute atomic E-state index is 0.00102. The van der Waals surface area contributed by atoms with Crippen LogP contribution in [0.25, 0.3) is 10.9 Å². The lowest BCUT2D eigenvalue weighted by Gasteiger charge is -2.16. The second kappa shape index (κ2) is 9.41. The Bertz CT molecular complexity index is 1110. The molecule has 8 nitrogen and oxygen atoms in total. The van der Waals surface area contributed by atoms with Crippen LogP contribution in [0.3, 0.4) is 0 Å². The Morgan fingerprint density at radius 2 is 2.10 bits per heavy atom. The van der Waals surface area contributed by atoms with Gasteiger partial charge in [-0.1, -0.05) is 30.0 Å². The van der Waals surface area contributed by atoms with Gasteiger partial charge in [0.15, 0.2) is 5.16 Å². The highest BCUT2D eigenvalue weighted by Crippen LogP contribution is 2.20. The Kier molecular flexibility index (Phi) is 6.46. The second-order valence-corrected chi connectivity index (χ2v) is 8.62. The molecular weight excluding hydrogens is 424 g/mol. The summed E-state index contributed by atoms with van der Waals surface area (Å²) in [5, 5.41) is 2.77. The summed E-state index contributed by atoms with van der Waals surface area (Å²) in [5.41, 5.74) is 5.21. The van der Waals surface area contributed by atoms with E-state index >= 15 is 0 Å². The number of thiophene rings is 1. The third-order valence-electron chi connectivity index (χ3n) is 4.63. The van der Waals surface area contributed by atoms with Crippen LogP contribution in [0.4, 0.5) is 0 Å². The fourth-order valence-electron chi connectivity index (χ4n) is 3.17. The second-order valence-electron chi connectivity index (χ2n) is 6.73. The first-order valence-corrected chi connectivity index (χ1v) is 11.3. The largest absolute Gasteiger partial charge is 0.376 e. The molecule has 1 saturated heterocycles. The topological polar surface area (TPSA) is 102 Å². The Hall–Kier alpha value is -2.69. The first kappa shape index (κ1) is 20.6. The van der Waals surface area contributed by atoms with Gasteiger partial charge in [-0.2, -0.15) is 0 Å². The van der Waals surface area contributed by atoms with Crippen LogP contribution in [0, 0.1) is 0 Å². The van der Waals surface area contributed by atoms with Crippen molar-refractivity contribution >= 4 is 45.8 Å². The van der Waals surface area contributed by atoms with E-state index in [1.807, 2.05) is 6.07 Å². The summed E-state index contributed by atoms with van der Waals surface area (Å²) in [4.78, 5) is 42.3. The fourth-order valence-corrected chi connectivity index (χ4v) is 4.60. The molecular formula is C20H20N4O4S2. The van der Waals surface area contributed by atoms with Crippen molar-refractivity contribution < 1.29 is 14.3 Å². The maximum absolute atomic E-state index is 13.0. The van der Waals surface area contributed by atoms with Crippen molar-refractivity contribution in [2.75, 3.05) is 12.4 Å². The Morgan fingerprint density at radius 1 is 1.23 bits per heavy atom. The molecule has 1 aromatic carbocycles. The van der Waals surface area contributed by atoms with Crippen LogP contribution in [0.2, 0.25) is 0 Å². The summed E-state index contributed by atoms with van der Waals surface area (Å²) >= 11 is 2.44. The van der Waals surface area contributed by atoms with Crippen LogP contribution < -0.4 is 16.4 Å². The lowest BCUT2D eigenvalue weighted by Crippen LogP contribution is -2.42. The molecule has 0 aliphatic carbocycles. The maximum Gasteiger partial charge on any atom is 0.279 e. The van der Waals surface area contributed by atoms with Crippen molar-refractivity contribution in [1.29, 1.82) is 0 Å². The molecule has 30 heavy (non-hydrogen) atoms. The molecule has 3 aromatic rings. The number of para-hydroxylation sites is 1. The molecule has 1 aliphatic rings. The average molecular weight is 445 g/mol. The van der Waals surface area contributed by atoms with Gasteiger partial charge < -0.3 is 4.74 Å². The highest BCUT2D eigenvalue weighted by Gasteiger charge is 2.20. The minimum Gasteiger partial charge on any atom is -0.376 e. The fraction of sp³-hybridized carbons (Fsp3) is 0.300. The third kappa shape index (κ3) is 4.72. The van der Waals surface area contributed by atoms with Gasteiger partial charge in [0.2, 0.25) is 5.91 Å². The zero-order chi connectivity index (χ0) is 20.9. The van der Waals surface area contributed by atoms with E-state index in [0.29, 0.717) is 34.1 Å². The molecule has 1 aliphatic heterocycles. The number of hydrogen-bond acceptors (Lipinski definition) is 7. The van der Waals surface area contributed by atoms with Gasteiger partial charge in [-0.3, -0.25) is 29.8 Å². The molecule has 0 unspecified atom stereocenters. The lowest BCUT2D eigenvalue weighted by atomic mass is 10.2. The summed E-state index contributed by atoms with van der Waals surface area (Å²) in [6.07, 6.45) is 1.82. The number of nitrogens with one attached hydrogen (secondary N) is 2. The number of benzene rings is 1. The molecule has 0 radical (unpaired) electrons. The van der Waals surface area contributed by atoms with E-state index < -0.39 is 5.91 Å². The molecule has 156 valence electrons. The number of carbonyl (C=O) groups is 2. The number of hydrazine groups is 1. The van der Waals surface area contributed by atoms with Gasteiger partial charge in [0, 0.05) is 6.61 Å². The van der Waals surface area contributed by atoms with Crippen molar-refractivity contribution in [3.63, 3.8) is 0 Å². The SMILES string of the molecule is O=C(CSc1nc2ccccc2c(=O)n1C[C@@H]1CCCO1)NNC(=O)c1cccs1. The Morgan fingerprint density at radius 3 is 2.87 bits per heavy atom. The minimum atomic E-state index is -0.393. The van der Waals surface area contributed by atoms with Gasteiger partial charge in [-0.05, 0) is 36.4 Å². The van der Waals surface area contributed by atoms with E-state index in [0.717, 1.165) is 24.6 Å². The molecule has 0 spiro atoms. The third-order valence-corrected chi connectivity index (χ3v) is 6.47. The molecule has 4 rings (SSSR count). The van der Waals surface area contributed by atoms with Crippen molar-refractivity contribution in [1.82, 2.24) is 20.4 Å². The number of carbonyl (C=O) groups excluding carboxylic acids is 2. The first-order valence-electron chi connectivity index (χ1n) is 9.48. The normalized spacial score (nSPS) is 15.9. The molecule has 3 heterocycles. The molecule has 1 atom stereocenters. The van der Waals surface area contributed by atoms with Crippen molar-refractivity contribution in [2.45, 2.75) is 30.6 Å². The Balaban J connectivity index is 1.47. The summed E-state index contributed by atoms with van der Waals surface area (Å²) < 4.78 is 7.27. The Labute approximate surface area is 180 Å². The zero-order valence-electron chi connectivity index (χ0n) is 16.0. The van der Waals surface area contributed by atoms with Gasteiger partial charge in [0.05, 0.1) is 34.2 Å². The molecule has 2 N–H and O–H groups in total. The number of fused-ring (bicyclic) bond motifs is 1. The summed E-state index contributed by atoms with van der Waals surface area (Å²) in [6, 6.07) is 10.6. The molecule has 2 aromatic heterocycles. The molecule has 0 bridgehead atoms. The molecule has 0 saturated carbocycles. The van der Waals surface area contributed by atoms with Gasteiger partial charge in [-0.15, -0.1) is 11.3 Å². The van der Waals surface area contributed by atoms with Crippen molar-refractivity contribution in [3.05, 3.63) is 57.0 Å². The summed E-state index contributed by atoms with van der Waals surface area (Å²) in [5.74, 6) is -0.764. The number of amides is 2. The quantitative estimate of drug-likeness (QED) is 0.343. The number of aromatic nitrogens is 2. The predicted octanol–water partition coefficient (Wildman–Crippen LogP) is 2.19. The molecule has 10 heteroatoms. The number of hydrogen-bond donors (Lipinski definition) is 2. The number of nitrogens with zero attached hydrogens (tertiary/aromatic N) is 2. The van der Waals surface area contributed by atoms with Crippen LogP contribution >= 0.6 is 23.1 Å².